The molecule has 0 spiro atoms. The number of allylic oxidation sites excluding steroid dienone is 1. The van der Waals surface area contributed by atoms with E-state index in [4.69, 9.17) is 9.15 Å². The van der Waals surface area contributed by atoms with Gasteiger partial charge in [-0.1, -0.05) is 12.1 Å². The second kappa shape index (κ2) is 10.3. The summed E-state index contributed by atoms with van der Waals surface area (Å²) in [5, 5.41) is 10.6. The average molecular weight is 494 g/mol. The highest BCUT2D eigenvalue weighted by Gasteiger charge is 2.26. The van der Waals surface area contributed by atoms with E-state index in [2.05, 4.69) is 25.9 Å². The molecule has 0 saturated heterocycles. The molecular formula is C24H23N5O5S. The zero-order valence-electron chi connectivity index (χ0n) is 19.3. The van der Waals surface area contributed by atoms with Gasteiger partial charge in [0.1, 0.15) is 17.2 Å². The van der Waals surface area contributed by atoms with Gasteiger partial charge in [-0.15, -0.1) is 11.3 Å². The van der Waals surface area contributed by atoms with Gasteiger partial charge >= 0.3 is 5.97 Å². The van der Waals surface area contributed by atoms with Gasteiger partial charge in [-0.25, -0.2) is 14.8 Å². The summed E-state index contributed by atoms with van der Waals surface area (Å²) in [7, 11) is 0. The number of hydrogen-bond acceptors (Lipinski definition) is 9. The lowest BCUT2D eigenvalue weighted by Gasteiger charge is -2.13. The molecule has 10 nitrogen and oxygen atoms in total. The van der Waals surface area contributed by atoms with Crippen LogP contribution in [0.15, 0.2) is 62.7 Å². The van der Waals surface area contributed by atoms with Crippen LogP contribution >= 0.6 is 11.3 Å². The Hall–Kier alpha value is -4.25. The van der Waals surface area contributed by atoms with Gasteiger partial charge in [0.25, 0.3) is 5.91 Å². The summed E-state index contributed by atoms with van der Waals surface area (Å²) in [6.45, 7) is 5.29. The SMILES string of the molecule is CCOC(=O)C1=C(C)Nc2ccccc2N=C1NC(=O)Cc1csc(NC(=O)c2ccoc2C)n1. The lowest BCUT2D eigenvalue weighted by molar-refractivity contribution is -0.137. The van der Waals surface area contributed by atoms with Gasteiger partial charge < -0.3 is 19.8 Å². The Balaban J connectivity index is 1.50. The predicted molar refractivity (Wildman–Crippen MR) is 132 cm³/mol. The Kier molecular flexibility index (Phi) is 7.06. The standard InChI is InChI=1S/C24H23N5O5S/c1-4-33-23(32)20-13(2)25-17-7-5-6-8-18(17)27-21(20)28-19(30)11-15-12-35-24(26-15)29-22(31)16-9-10-34-14(16)3/h5-10,12,25H,4,11H2,1-3H3,(H,26,29,31)(H,27,28,30). The minimum Gasteiger partial charge on any atom is -0.469 e. The van der Waals surface area contributed by atoms with E-state index in [1.165, 1.54) is 17.6 Å². The van der Waals surface area contributed by atoms with E-state index in [-0.39, 0.29) is 30.3 Å². The number of benzene rings is 1. The first kappa shape index (κ1) is 23.9. The maximum absolute atomic E-state index is 12.9. The number of aliphatic imine (C=N–C) groups is 1. The number of carbonyl (C=O) groups excluding carboxylic acids is 3. The summed E-state index contributed by atoms with van der Waals surface area (Å²) in [6, 6.07) is 8.82. The number of anilines is 2. The van der Waals surface area contributed by atoms with E-state index in [9.17, 15) is 14.4 Å². The number of aromatic nitrogens is 1. The third-order valence-electron chi connectivity index (χ3n) is 5.02. The highest BCUT2D eigenvalue weighted by Crippen LogP contribution is 2.30. The third-order valence-corrected chi connectivity index (χ3v) is 5.83. The minimum atomic E-state index is -0.599. The normalized spacial score (nSPS) is 12.7. The van der Waals surface area contributed by atoms with Gasteiger partial charge in [0, 0.05) is 11.1 Å². The van der Waals surface area contributed by atoms with E-state index >= 15 is 0 Å². The van der Waals surface area contributed by atoms with Gasteiger partial charge in [-0.3, -0.25) is 14.9 Å². The average Bonchev–Trinajstić information content (AvgIpc) is 3.40. The van der Waals surface area contributed by atoms with Gasteiger partial charge in [-0.2, -0.15) is 0 Å². The van der Waals surface area contributed by atoms with Crippen LogP contribution in [0, 0.1) is 6.92 Å². The Morgan fingerprint density at radius 1 is 1.14 bits per heavy atom. The number of aryl methyl sites for hydroxylation is 1. The van der Waals surface area contributed by atoms with Crippen LogP contribution < -0.4 is 16.0 Å². The van der Waals surface area contributed by atoms with Crippen molar-refractivity contribution < 1.29 is 23.5 Å². The maximum atomic E-state index is 12.9. The predicted octanol–water partition coefficient (Wildman–Crippen LogP) is 3.95. The number of furan rings is 1. The van der Waals surface area contributed by atoms with Crippen molar-refractivity contribution in [2.45, 2.75) is 27.2 Å². The number of thiazole rings is 1. The molecule has 0 saturated carbocycles. The second-order valence-electron chi connectivity index (χ2n) is 7.54. The molecule has 0 radical (unpaired) electrons. The van der Waals surface area contributed by atoms with Crippen molar-refractivity contribution in [2.24, 2.45) is 4.99 Å². The molecule has 1 aliphatic heterocycles. The van der Waals surface area contributed by atoms with Crippen LogP contribution in [0.3, 0.4) is 0 Å². The van der Waals surface area contributed by atoms with E-state index < -0.39 is 11.9 Å². The van der Waals surface area contributed by atoms with Crippen molar-refractivity contribution in [1.82, 2.24) is 10.3 Å². The monoisotopic (exact) mass is 493 g/mol. The number of hydrogen-bond donors (Lipinski definition) is 3. The van der Waals surface area contributed by atoms with Gasteiger partial charge in [-0.05, 0) is 39.0 Å². The number of para-hydroxylation sites is 2. The van der Waals surface area contributed by atoms with Gasteiger partial charge in [0.15, 0.2) is 5.13 Å². The van der Waals surface area contributed by atoms with Crippen molar-refractivity contribution in [3.05, 3.63) is 70.3 Å². The highest BCUT2D eigenvalue weighted by molar-refractivity contribution is 7.14. The van der Waals surface area contributed by atoms with E-state index in [0.29, 0.717) is 39.2 Å². The second-order valence-corrected chi connectivity index (χ2v) is 8.39. The first-order valence-electron chi connectivity index (χ1n) is 10.8. The molecule has 3 N–H and O–H groups in total. The number of carbonyl (C=O) groups is 3. The van der Waals surface area contributed by atoms with Crippen molar-refractivity contribution in [1.29, 1.82) is 0 Å². The molecule has 0 fully saturated rings. The fraction of sp³-hybridized carbons (Fsp3) is 0.208. The molecule has 4 rings (SSSR count). The number of amidine groups is 1. The zero-order chi connectivity index (χ0) is 24.9. The number of fused-ring (bicyclic) bond motifs is 1. The molecule has 3 heterocycles. The number of nitrogens with zero attached hydrogens (tertiary/aromatic N) is 2. The van der Waals surface area contributed by atoms with Gasteiger partial charge in [0.05, 0.1) is 41.9 Å². The summed E-state index contributed by atoms with van der Waals surface area (Å²) >= 11 is 1.20. The molecule has 0 bridgehead atoms. The quantitative estimate of drug-likeness (QED) is 0.443. The molecule has 0 atom stereocenters. The molecule has 11 heteroatoms. The summed E-state index contributed by atoms with van der Waals surface area (Å²) < 4.78 is 10.3. The largest absolute Gasteiger partial charge is 0.469 e. The first-order chi connectivity index (χ1) is 16.9. The molecule has 3 aromatic rings. The smallest absolute Gasteiger partial charge is 0.343 e. The van der Waals surface area contributed by atoms with Crippen molar-refractivity contribution in [3.63, 3.8) is 0 Å². The first-order valence-corrected chi connectivity index (χ1v) is 11.7. The highest BCUT2D eigenvalue weighted by atomic mass is 32.1. The lowest BCUT2D eigenvalue weighted by atomic mass is 10.1. The van der Waals surface area contributed by atoms with Crippen LogP contribution in [0.4, 0.5) is 16.5 Å². The Bertz CT molecular complexity index is 1350. The number of rotatable bonds is 6. The Morgan fingerprint density at radius 2 is 1.94 bits per heavy atom. The molecule has 35 heavy (non-hydrogen) atoms. The zero-order valence-corrected chi connectivity index (χ0v) is 20.1. The molecular weight excluding hydrogens is 470 g/mol. The summed E-state index contributed by atoms with van der Waals surface area (Å²) in [4.78, 5) is 46.7. The van der Waals surface area contributed by atoms with Crippen LogP contribution in [0.25, 0.3) is 0 Å². The minimum absolute atomic E-state index is 0.0830. The van der Waals surface area contributed by atoms with Crippen molar-refractivity contribution in [3.8, 4) is 0 Å². The van der Waals surface area contributed by atoms with Crippen LogP contribution in [0.5, 0.6) is 0 Å². The fourth-order valence-corrected chi connectivity index (χ4v) is 4.12. The Labute approximate surface area is 205 Å². The molecule has 0 unspecified atom stereocenters. The number of nitrogens with one attached hydrogen (secondary N) is 3. The molecule has 2 amide bonds. The molecule has 1 aliphatic rings. The third kappa shape index (κ3) is 5.46. The molecule has 2 aromatic heterocycles. The van der Waals surface area contributed by atoms with E-state index in [0.717, 1.165) is 0 Å². The number of amides is 2. The Morgan fingerprint density at radius 3 is 2.69 bits per heavy atom. The van der Waals surface area contributed by atoms with Crippen LogP contribution in [0.1, 0.15) is 35.7 Å². The summed E-state index contributed by atoms with van der Waals surface area (Å²) in [6.07, 6.45) is 1.35. The molecule has 0 aliphatic carbocycles. The number of esters is 1. The van der Waals surface area contributed by atoms with Gasteiger partial charge in [0.2, 0.25) is 5.91 Å². The van der Waals surface area contributed by atoms with Crippen molar-refractivity contribution >= 4 is 51.5 Å². The summed E-state index contributed by atoms with van der Waals surface area (Å²) in [5.74, 6) is -0.786. The van der Waals surface area contributed by atoms with Crippen molar-refractivity contribution in [2.75, 3.05) is 17.2 Å². The van der Waals surface area contributed by atoms with Crippen LogP contribution in [-0.4, -0.2) is 35.2 Å². The van der Waals surface area contributed by atoms with Crippen LogP contribution in [-0.2, 0) is 20.7 Å². The summed E-state index contributed by atoms with van der Waals surface area (Å²) in [5.41, 5.74) is 2.77. The van der Waals surface area contributed by atoms with Crippen LogP contribution in [0.2, 0.25) is 0 Å². The van der Waals surface area contributed by atoms with E-state index in [1.807, 2.05) is 18.2 Å². The lowest BCUT2D eigenvalue weighted by Crippen LogP contribution is -2.36. The molecule has 180 valence electrons. The maximum Gasteiger partial charge on any atom is 0.343 e. The van der Waals surface area contributed by atoms with E-state index in [1.54, 1.807) is 38.3 Å². The topological polar surface area (TPSA) is 135 Å². The molecule has 1 aromatic carbocycles. The number of ether oxygens (including phenoxy) is 1. The fourth-order valence-electron chi connectivity index (χ4n) is 3.41.